The molecule has 19 heteroatoms. The van der Waals surface area contributed by atoms with E-state index in [4.69, 9.17) is 5.11 Å². The van der Waals surface area contributed by atoms with Gasteiger partial charge >= 0.3 is 12.0 Å². The topological polar surface area (TPSA) is 277 Å². The molecule has 0 unspecified atom stereocenters. The molecule has 0 bridgehead atoms. The van der Waals surface area contributed by atoms with Crippen LogP contribution in [0.5, 0.6) is 11.5 Å². The molecule has 0 aliphatic rings. The number of carboxylic acids is 1. The van der Waals surface area contributed by atoms with E-state index in [0.717, 1.165) is 12.1 Å². The highest BCUT2D eigenvalue weighted by Crippen LogP contribution is 2.43. The Labute approximate surface area is 299 Å². The second kappa shape index (κ2) is 14.1. The molecule has 0 saturated carbocycles. The Hall–Kier alpha value is -6.80. The number of carboxylic acid groups (broad SMARTS) is 1. The zero-order valence-corrected chi connectivity index (χ0v) is 28.2. The summed E-state index contributed by atoms with van der Waals surface area (Å²) in [6.45, 7) is 0. The number of aromatic hydroxyl groups is 2. The van der Waals surface area contributed by atoms with Crippen molar-refractivity contribution >= 4 is 87.9 Å². The number of urea groups is 1. The van der Waals surface area contributed by atoms with Gasteiger partial charge in [-0.25, -0.2) is 9.59 Å². The predicted molar refractivity (Wildman–Crippen MR) is 192 cm³/mol. The molecule has 2 amide bonds. The minimum Gasteiger partial charge on any atom is -0.505 e. The molecule has 6 rings (SSSR count). The van der Waals surface area contributed by atoms with E-state index in [-0.39, 0.29) is 44.2 Å². The second-order valence-corrected chi connectivity index (χ2v) is 13.9. The lowest BCUT2D eigenvalue weighted by Crippen LogP contribution is -2.19. The van der Waals surface area contributed by atoms with Crippen LogP contribution in [0.4, 0.5) is 38.9 Å². The van der Waals surface area contributed by atoms with Crippen LogP contribution in [0.1, 0.15) is 10.4 Å². The van der Waals surface area contributed by atoms with Crippen molar-refractivity contribution in [1.29, 1.82) is 0 Å². The van der Waals surface area contributed by atoms with Crippen LogP contribution in [-0.4, -0.2) is 53.3 Å². The number of azo groups is 2. The van der Waals surface area contributed by atoms with Gasteiger partial charge in [-0.2, -0.15) is 27.1 Å². The van der Waals surface area contributed by atoms with Gasteiger partial charge in [0, 0.05) is 22.1 Å². The van der Waals surface area contributed by atoms with Gasteiger partial charge in [-0.1, -0.05) is 18.2 Å². The number of phenolic OH excluding ortho intramolecular Hbond substituents is 2. The summed E-state index contributed by atoms with van der Waals surface area (Å²) in [5.41, 5.74) is -0.387. The van der Waals surface area contributed by atoms with Crippen molar-refractivity contribution in [2.24, 2.45) is 20.5 Å². The van der Waals surface area contributed by atoms with E-state index in [9.17, 15) is 45.7 Å². The molecule has 0 saturated heterocycles. The van der Waals surface area contributed by atoms with Gasteiger partial charge in [-0.15, -0.1) is 10.2 Å². The number of anilines is 2. The van der Waals surface area contributed by atoms with Crippen LogP contribution < -0.4 is 10.6 Å². The molecule has 53 heavy (non-hydrogen) atoms. The Balaban J connectivity index is 1.26. The molecule has 6 aromatic carbocycles. The summed E-state index contributed by atoms with van der Waals surface area (Å²) in [5, 5.41) is 51.8. The van der Waals surface area contributed by atoms with Crippen LogP contribution in [-0.2, 0) is 20.2 Å². The van der Waals surface area contributed by atoms with E-state index in [1.807, 2.05) is 0 Å². The van der Waals surface area contributed by atoms with Gasteiger partial charge in [0.2, 0.25) is 0 Å². The van der Waals surface area contributed by atoms with Gasteiger partial charge in [0.1, 0.15) is 21.2 Å². The Morgan fingerprint density at radius 2 is 0.981 bits per heavy atom. The number of aromatic carboxylic acids is 1. The Kier molecular flexibility index (Phi) is 9.56. The largest absolute Gasteiger partial charge is 0.505 e. The summed E-state index contributed by atoms with van der Waals surface area (Å²) in [5.74, 6) is -2.43. The molecule has 7 N–H and O–H groups in total. The van der Waals surface area contributed by atoms with Crippen LogP contribution in [0.3, 0.4) is 0 Å². The first-order valence-corrected chi connectivity index (χ1v) is 17.8. The maximum atomic E-state index is 13.0. The first-order valence-electron chi connectivity index (χ1n) is 14.9. The van der Waals surface area contributed by atoms with Gasteiger partial charge in [0.15, 0.2) is 11.5 Å². The van der Waals surface area contributed by atoms with Gasteiger partial charge < -0.3 is 26.0 Å². The van der Waals surface area contributed by atoms with Crippen molar-refractivity contribution in [3.63, 3.8) is 0 Å². The molecule has 0 aliphatic carbocycles. The lowest BCUT2D eigenvalue weighted by atomic mass is 10.1. The number of rotatable bonds is 9. The predicted octanol–water partition coefficient (Wildman–Crippen LogP) is 8.07. The third-order valence-electron chi connectivity index (χ3n) is 7.57. The number of nitrogens with one attached hydrogen (secondary N) is 2. The van der Waals surface area contributed by atoms with E-state index in [1.165, 1.54) is 60.7 Å². The molecule has 0 radical (unpaired) electrons. The van der Waals surface area contributed by atoms with Crippen LogP contribution in [0, 0.1) is 0 Å². The maximum Gasteiger partial charge on any atom is 0.335 e. The van der Waals surface area contributed by atoms with Crippen LogP contribution in [0.25, 0.3) is 21.5 Å². The lowest BCUT2D eigenvalue weighted by Gasteiger charge is -2.13. The van der Waals surface area contributed by atoms with Crippen LogP contribution >= 0.6 is 0 Å². The summed E-state index contributed by atoms with van der Waals surface area (Å²) >= 11 is 0. The average molecular weight is 757 g/mol. The highest BCUT2D eigenvalue weighted by atomic mass is 32.2. The normalized spacial score (nSPS) is 12.1. The van der Waals surface area contributed by atoms with Crippen LogP contribution in [0.15, 0.2) is 133 Å². The van der Waals surface area contributed by atoms with Crippen LogP contribution in [0.2, 0.25) is 0 Å². The molecular formula is C34H24N6O11S2. The first kappa shape index (κ1) is 36.0. The van der Waals surface area contributed by atoms with Crippen molar-refractivity contribution in [3.05, 3.63) is 109 Å². The molecule has 0 heterocycles. The van der Waals surface area contributed by atoms with E-state index in [2.05, 4.69) is 31.1 Å². The highest BCUT2D eigenvalue weighted by molar-refractivity contribution is 7.86. The molecule has 268 valence electrons. The fourth-order valence-corrected chi connectivity index (χ4v) is 6.44. The quantitative estimate of drug-likeness (QED) is 0.0547. The summed E-state index contributed by atoms with van der Waals surface area (Å²) in [6, 6.07) is 22.7. The minimum absolute atomic E-state index is 0.0292. The summed E-state index contributed by atoms with van der Waals surface area (Å²) in [7, 11) is -9.87. The SMILES string of the molecule is O=C(Nc1ccc2c(O)c(/N=N/c3ccccc3)c(S(=O)(=O)O)cc2c1)Nc1ccc2c(O)c(/N=N/c3ccc(C(=O)O)cc3)c(S(=O)(=O)O)cc2c1. The van der Waals surface area contributed by atoms with Crippen molar-refractivity contribution < 1.29 is 50.8 Å². The van der Waals surface area contributed by atoms with Gasteiger partial charge in [0.05, 0.1) is 16.9 Å². The molecule has 0 aliphatic heterocycles. The number of benzene rings is 6. The Morgan fingerprint density at radius 3 is 1.40 bits per heavy atom. The zero-order chi connectivity index (χ0) is 38.1. The number of nitrogens with zero attached hydrogens (tertiary/aromatic N) is 4. The van der Waals surface area contributed by atoms with E-state index < -0.39 is 64.9 Å². The molecule has 6 aromatic rings. The number of amides is 2. The Morgan fingerprint density at radius 1 is 0.547 bits per heavy atom. The maximum absolute atomic E-state index is 13.0. The molecule has 0 aromatic heterocycles. The smallest absolute Gasteiger partial charge is 0.335 e. The summed E-state index contributed by atoms with van der Waals surface area (Å²) in [4.78, 5) is 22.5. The second-order valence-electron chi connectivity index (χ2n) is 11.1. The van der Waals surface area contributed by atoms with E-state index in [1.54, 1.807) is 30.3 Å². The summed E-state index contributed by atoms with van der Waals surface area (Å²) < 4.78 is 68.8. The zero-order valence-electron chi connectivity index (χ0n) is 26.6. The number of hydrogen-bond acceptors (Lipinski definition) is 12. The average Bonchev–Trinajstić information content (AvgIpc) is 3.10. The monoisotopic (exact) mass is 756 g/mol. The standard InChI is InChI=1S/C34H24N6O11S2/c41-31-25-12-10-23(14-19(25)16-27(52(46,47)48)29(31)39-37-21-4-2-1-3-5-21)35-34(45)36-24-11-13-26-20(15-24)17-28(53(49,50)51)30(32(26)42)40-38-22-8-6-18(7-9-22)33(43)44/h1-17,41-42H,(H,43,44)(H2,35,36,45)(H,46,47,48)(H,49,50,51)/b39-37+,40-38+. The van der Waals surface area contributed by atoms with Gasteiger partial charge in [0.25, 0.3) is 20.2 Å². The number of carbonyl (C=O) groups excluding carboxylic acids is 1. The molecule has 0 atom stereocenters. The van der Waals surface area contributed by atoms with Gasteiger partial charge in [-0.3, -0.25) is 9.11 Å². The summed E-state index contributed by atoms with van der Waals surface area (Å²) in [6.07, 6.45) is 0. The van der Waals surface area contributed by atoms with Crippen molar-refractivity contribution in [2.75, 3.05) is 10.6 Å². The lowest BCUT2D eigenvalue weighted by molar-refractivity contribution is 0.0696. The fraction of sp³-hybridized carbons (Fsp3) is 0. The van der Waals surface area contributed by atoms with Crippen molar-refractivity contribution in [2.45, 2.75) is 9.79 Å². The molecule has 0 spiro atoms. The molecular weight excluding hydrogens is 733 g/mol. The number of carbonyl (C=O) groups is 2. The van der Waals surface area contributed by atoms with Gasteiger partial charge in [-0.05, 0) is 95.7 Å². The Bertz CT molecular complexity index is 2740. The van der Waals surface area contributed by atoms with Crippen molar-refractivity contribution in [1.82, 2.24) is 0 Å². The molecule has 17 nitrogen and oxygen atoms in total. The number of fused-ring (bicyclic) bond motifs is 2. The van der Waals surface area contributed by atoms with Crippen molar-refractivity contribution in [3.8, 4) is 11.5 Å². The third-order valence-corrected chi connectivity index (χ3v) is 9.31. The number of phenols is 2. The fourth-order valence-electron chi connectivity index (χ4n) is 5.12. The third kappa shape index (κ3) is 7.92. The minimum atomic E-state index is -4.97. The van der Waals surface area contributed by atoms with E-state index >= 15 is 0 Å². The highest BCUT2D eigenvalue weighted by Gasteiger charge is 2.24. The van der Waals surface area contributed by atoms with E-state index in [0.29, 0.717) is 5.69 Å². The molecule has 0 fully saturated rings. The number of hydrogen-bond donors (Lipinski definition) is 7. The first-order chi connectivity index (χ1) is 25.1.